The maximum Gasteiger partial charge on any atom is 0.205 e. The molecule has 1 N–H and O–H groups in total. The van der Waals surface area contributed by atoms with E-state index in [9.17, 15) is 0 Å². The fourth-order valence-electron chi connectivity index (χ4n) is 1.81. The van der Waals surface area contributed by atoms with Crippen LogP contribution in [0.1, 0.15) is 12.5 Å². The number of rotatable bonds is 4. The summed E-state index contributed by atoms with van der Waals surface area (Å²) in [4.78, 5) is 5.54. The summed E-state index contributed by atoms with van der Waals surface area (Å²) in [6.07, 6.45) is 2.93. The Kier molecular flexibility index (Phi) is 3.75. The lowest BCUT2D eigenvalue weighted by molar-refractivity contribution is 1.09. The number of hydrogen-bond acceptors (Lipinski definition) is 6. The average molecular weight is 302 g/mol. The van der Waals surface area contributed by atoms with E-state index in [1.807, 2.05) is 13.2 Å². The molecule has 0 fully saturated rings. The summed E-state index contributed by atoms with van der Waals surface area (Å²) in [6, 6.07) is 8.56. The summed E-state index contributed by atoms with van der Waals surface area (Å²) in [5.41, 5.74) is 2.49. The topological polar surface area (TPSA) is 50.7 Å². The van der Waals surface area contributed by atoms with Gasteiger partial charge in [0.25, 0.3) is 0 Å². The first-order valence-corrected chi connectivity index (χ1v) is 8.00. The van der Waals surface area contributed by atoms with Gasteiger partial charge in [-0.2, -0.15) is 0 Å². The minimum absolute atomic E-state index is 0.822. The quantitative estimate of drug-likeness (QED) is 0.793. The molecule has 1 aromatic carbocycles. The molecule has 0 bridgehead atoms. The van der Waals surface area contributed by atoms with Crippen LogP contribution in [0.25, 0.3) is 20.5 Å². The van der Waals surface area contributed by atoms with Crippen molar-refractivity contribution in [1.82, 2.24) is 15.2 Å². The van der Waals surface area contributed by atoms with Crippen molar-refractivity contribution in [1.29, 1.82) is 0 Å². The lowest BCUT2D eigenvalue weighted by atomic mass is 10.1. The SMILES string of the molecule is CCc1ccc(-c2ncc(-c3nnc(NC)s3)s2)cc1. The Labute approximate surface area is 125 Å². The molecule has 0 saturated carbocycles. The Hall–Kier alpha value is -1.79. The van der Waals surface area contributed by atoms with Crippen LogP contribution in [-0.2, 0) is 6.42 Å². The molecule has 4 nitrogen and oxygen atoms in total. The van der Waals surface area contributed by atoms with Gasteiger partial charge in [-0.15, -0.1) is 21.5 Å². The first-order valence-electron chi connectivity index (χ1n) is 6.37. The number of benzene rings is 1. The molecule has 0 amide bonds. The highest BCUT2D eigenvalue weighted by molar-refractivity contribution is 7.24. The predicted octanol–water partition coefficient (Wildman–Crippen LogP) is 3.93. The van der Waals surface area contributed by atoms with E-state index < -0.39 is 0 Å². The van der Waals surface area contributed by atoms with Crippen molar-refractivity contribution in [2.45, 2.75) is 13.3 Å². The van der Waals surface area contributed by atoms with Crippen LogP contribution in [0.4, 0.5) is 5.13 Å². The molecular formula is C14H14N4S2. The van der Waals surface area contributed by atoms with Gasteiger partial charge in [-0.3, -0.25) is 0 Å². The molecule has 0 saturated heterocycles. The van der Waals surface area contributed by atoms with Crippen LogP contribution in [0.5, 0.6) is 0 Å². The molecule has 0 aliphatic heterocycles. The highest BCUT2D eigenvalue weighted by Crippen LogP contribution is 2.34. The second kappa shape index (κ2) is 5.68. The second-order valence-electron chi connectivity index (χ2n) is 4.24. The number of nitrogens with zero attached hydrogens (tertiary/aromatic N) is 3. The van der Waals surface area contributed by atoms with Crippen LogP contribution < -0.4 is 5.32 Å². The van der Waals surface area contributed by atoms with E-state index >= 15 is 0 Å². The normalized spacial score (nSPS) is 10.7. The van der Waals surface area contributed by atoms with Crippen molar-refractivity contribution in [2.75, 3.05) is 12.4 Å². The Bertz CT molecular complexity index is 700. The molecule has 0 atom stereocenters. The first kappa shape index (κ1) is 13.2. The molecule has 0 aliphatic carbocycles. The molecule has 0 unspecified atom stereocenters. The van der Waals surface area contributed by atoms with Gasteiger partial charge in [-0.05, 0) is 12.0 Å². The van der Waals surface area contributed by atoms with Gasteiger partial charge < -0.3 is 5.32 Å². The van der Waals surface area contributed by atoms with Crippen LogP contribution >= 0.6 is 22.7 Å². The van der Waals surface area contributed by atoms with Crippen molar-refractivity contribution in [3.05, 3.63) is 36.0 Å². The van der Waals surface area contributed by atoms with Gasteiger partial charge in [-0.1, -0.05) is 42.5 Å². The lowest BCUT2D eigenvalue weighted by Gasteiger charge is -1.98. The fraction of sp³-hybridized carbons (Fsp3) is 0.214. The summed E-state index contributed by atoms with van der Waals surface area (Å²) in [6.45, 7) is 2.16. The molecule has 3 aromatic rings. The largest absolute Gasteiger partial charge is 0.363 e. The van der Waals surface area contributed by atoms with Gasteiger partial charge >= 0.3 is 0 Å². The van der Waals surface area contributed by atoms with E-state index in [-0.39, 0.29) is 0 Å². The van der Waals surface area contributed by atoms with Gasteiger partial charge in [0.05, 0.1) is 4.88 Å². The minimum Gasteiger partial charge on any atom is -0.363 e. The van der Waals surface area contributed by atoms with E-state index in [0.29, 0.717) is 0 Å². The van der Waals surface area contributed by atoms with Crippen LogP contribution in [0, 0.1) is 0 Å². The third-order valence-corrected chi connectivity index (χ3v) is 5.12. The van der Waals surface area contributed by atoms with Gasteiger partial charge in [0, 0.05) is 18.8 Å². The maximum absolute atomic E-state index is 4.49. The summed E-state index contributed by atoms with van der Waals surface area (Å²) in [5.74, 6) is 0. The zero-order valence-corrected chi connectivity index (χ0v) is 12.9. The van der Waals surface area contributed by atoms with Crippen LogP contribution in [0.15, 0.2) is 30.5 Å². The second-order valence-corrected chi connectivity index (χ2v) is 6.25. The fourth-order valence-corrected chi connectivity index (χ4v) is 3.47. The average Bonchev–Trinajstić information content (AvgIpc) is 3.16. The summed E-state index contributed by atoms with van der Waals surface area (Å²) >= 11 is 3.18. The zero-order valence-electron chi connectivity index (χ0n) is 11.3. The molecular weight excluding hydrogens is 288 g/mol. The summed E-state index contributed by atoms with van der Waals surface area (Å²) < 4.78 is 0. The minimum atomic E-state index is 0.822. The van der Waals surface area contributed by atoms with Gasteiger partial charge in [0.1, 0.15) is 5.01 Å². The summed E-state index contributed by atoms with van der Waals surface area (Å²) in [5, 5.41) is 14.0. The molecule has 2 aromatic heterocycles. The Morgan fingerprint density at radius 1 is 1.05 bits per heavy atom. The predicted molar refractivity (Wildman–Crippen MR) is 85.4 cm³/mol. The molecule has 2 heterocycles. The van der Waals surface area contributed by atoms with Crippen LogP contribution in [0.3, 0.4) is 0 Å². The van der Waals surface area contributed by atoms with Crippen molar-refractivity contribution in [3.63, 3.8) is 0 Å². The number of thiazole rings is 1. The first-order chi connectivity index (χ1) is 9.80. The number of nitrogens with one attached hydrogen (secondary N) is 1. The molecule has 3 rings (SSSR count). The number of aromatic nitrogens is 3. The molecule has 0 aliphatic rings. The zero-order chi connectivity index (χ0) is 13.9. The van der Waals surface area contributed by atoms with Gasteiger partial charge in [0.15, 0.2) is 5.01 Å². The van der Waals surface area contributed by atoms with Crippen molar-refractivity contribution >= 4 is 27.8 Å². The van der Waals surface area contributed by atoms with E-state index in [1.165, 1.54) is 16.9 Å². The van der Waals surface area contributed by atoms with Gasteiger partial charge in [0.2, 0.25) is 5.13 Å². The maximum atomic E-state index is 4.49. The van der Waals surface area contributed by atoms with Gasteiger partial charge in [-0.25, -0.2) is 4.98 Å². The van der Waals surface area contributed by atoms with E-state index in [2.05, 4.69) is 51.7 Å². The monoisotopic (exact) mass is 302 g/mol. The molecule has 0 radical (unpaired) electrons. The van der Waals surface area contributed by atoms with Crippen molar-refractivity contribution in [2.24, 2.45) is 0 Å². The Morgan fingerprint density at radius 3 is 2.50 bits per heavy atom. The molecule has 20 heavy (non-hydrogen) atoms. The highest BCUT2D eigenvalue weighted by atomic mass is 32.1. The third-order valence-electron chi connectivity index (χ3n) is 2.96. The van der Waals surface area contributed by atoms with E-state index in [4.69, 9.17) is 0 Å². The van der Waals surface area contributed by atoms with Crippen molar-refractivity contribution in [3.8, 4) is 20.5 Å². The molecule has 0 spiro atoms. The number of anilines is 1. The molecule has 102 valence electrons. The third kappa shape index (κ3) is 2.57. The summed E-state index contributed by atoms with van der Waals surface area (Å²) in [7, 11) is 1.84. The van der Waals surface area contributed by atoms with E-state index in [1.54, 1.807) is 11.3 Å². The molecule has 6 heteroatoms. The Balaban J connectivity index is 1.88. The number of aryl methyl sites for hydroxylation is 1. The standard InChI is InChI=1S/C14H14N4S2/c1-3-9-4-6-10(7-5-9)12-16-8-11(19-12)13-17-18-14(15-2)20-13/h4-8H,3H2,1-2H3,(H,15,18). The highest BCUT2D eigenvalue weighted by Gasteiger charge is 2.11. The smallest absolute Gasteiger partial charge is 0.205 e. The van der Waals surface area contributed by atoms with E-state index in [0.717, 1.165) is 32.0 Å². The van der Waals surface area contributed by atoms with Crippen LogP contribution in [-0.4, -0.2) is 22.2 Å². The van der Waals surface area contributed by atoms with Crippen LogP contribution in [0.2, 0.25) is 0 Å². The number of hydrogen-bond donors (Lipinski definition) is 1. The Morgan fingerprint density at radius 2 is 1.85 bits per heavy atom. The lowest BCUT2D eigenvalue weighted by Crippen LogP contribution is -1.84. The van der Waals surface area contributed by atoms with Crippen molar-refractivity contribution < 1.29 is 0 Å².